The molecule has 3 rings (SSSR count). The molecule has 124 valence electrons. The van der Waals surface area contributed by atoms with Gasteiger partial charge in [-0.2, -0.15) is 4.31 Å². The number of aryl methyl sites for hydroxylation is 2. The average Bonchev–Trinajstić information content (AvgIpc) is 2.88. The molecule has 1 fully saturated rings. The highest BCUT2D eigenvalue weighted by molar-refractivity contribution is 7.89. The van der Waals surface area contributed by atoms with E-state index in [1.54, 1.807) is 10.4 Å². The van der Waals surface area contributed by atoms with Gasteiger partial charge >= 0.3 is 0 Å². The molecule has 0 amide bonds. The third-order valence-electron chi connectivity index (χ3n) is 4.86. The minimum Gasteiger partial charge on any atom is -0.330 e. The molecule has 2 aliphatic rings. The third kappa shape index (κ3) is 3.18. The molecule has 2 atom stereocenters. The van der Waals surface area contributed by atoms with Gasteiger partial charge < -0.3 is 5.73 Å². The number of hydrogen-bond donors (Lipinski definition) is 1. The molecule has 0 spiro atoms. The first-order valence-electron chi connectivity index (χ1n) is 7.86. The summed E-state index contributed by atoms with van der Waals surface area (Å²) in [5.74, 6) is 0.285. The number of hydrogen-bond acceptors (Lipinski definition) is 3. The molecular formula is C16H25ClN2O2S. The Labute approximate surface area is 139 Å². The van der Waals surface area contributed by atoms with Crippen LogP contribution in [0.5, 0.6) is 0 Å². The van der Waals surface area contributed by atoms with Crippen molar-refractivity contribution in [1.29, 1.82) is 0 Å². The molecule has 2 N–H and O–H groups in total. The van der Waals surface area contributed by atoms with Crippen molar-refractivity contribution in [3.8, 4) is 0 Å². The van der Waals surface area contributed by atoms with Gasteiger partial charge in [-0.25, -0.2) is 8.42 Å². The van der Waals surface area contributed by atoms with Crippen LogP contribution in [-0.2, 0) is 22.9 Å². The topological polar surface area (TPSA) is 63.4 Å². The summed E-state index contributed by atoms with van der Waals surface area (Å²) in [6, 6.07) is 5.72. The van der Waals surface area contributed by atoms with Crippen LogP contribution in [0.2, 0.25) is 0 Å². The van der Waals surface area contributed by atoms with Crippen molar-refractivity contribution in [1.82, 2.24) is 4.31 Å². The van der Waals surface area contributed by atoms with E-state index in [9.17, 15) is 8.42 Å². The highest BCUT2D eigenvalue weighted by Crippen LogP contribution is 2.31. The van der Waals surface area contributed by atoms with Crippen LogP contribution in [0.15, 0.2) is 23.1 Å². The molecule has 0 bridgehead atoms. The standard InChI is InChI=1S/C16H24N2O2S.ClH/c1-12-8-13(10-17)11-18(12)21(19,20)16-7-6-14-4-2-3-5-15(14)9-16;/h6-7,9,12-13H,2-5,8,10-11,17H2,1H3;1H. The van der Waals surface area contributed by atoms with Gasteiger partial charge in [-0.3, -0.25) is 0 Å². The highest BCUT2D eigenvalue weighted by atomic mass is 35.5. The van der Waals surface area contributed by atoms with Crippen LogP contribution < -0.4 is 5.73 Å². The molecule has 1 aromatic carbocycles. The molecule has 1 aliphatic carbocycles. The largest absolute Gasteiger partial charge is 0.330 e. The molecule has 1 aliphatic heterocycles. The molecule has 1 saturated heterocycles. The fourth-order valence-electron chi connectivity index (χ4n) is 3.62. The quantitative estimate of drug-likeness (QED) is 0.915. The summed E-state index contributed by atoms with van der Waals surface area (Å²) in [6.45, 7) is 3.09. The smallest absolute Gasteiger partial charge is 0.243 e. The Bertz CT molecular complexity index is 633. The minimum atomic E-state index is -3.39. The molecule has 22 heavy (non-hydrogen) atoms. The van der Waals surface area contributed by atoms with Crippen molar-refractivity contribution >= 4 is 22.4 Å². The summed E-state index contributed by atoms with van der Waals surface area (Å²) in [4.78, 5) is 0.452. The summed E-state index contributed by atoms with van der Waals surface area (Å²) >= 11 is 0. The van der Waals surface area contributed by atoms with Gasteiger partial charge in [0.15, 0.2) is 0 Å². The first-order valence-corrected chi connectivity index (χ1v) is 9.30. The molecule has 6 heteroatoms. The lowest BCUT2D eigenvalue weighted by atomic mass is 9.92. The molecule has 0 radical (unpaired) electrons. The van der Waals surface area contributed by atoms with Gasteiger partial charge in [0.25, 0.3) is 0 Å². The van der Waals surface area contributed by atoms with Crippen LogP contribution in [-0.4, -0.2) is 31.9 Å². The fourth-order valence-corrected chi connectivity index (χ4v) is 5.39. The maximum Gasteiger partial charge on any atom is 0.243 e. The van der Waals surface area contributed by atoms with E-state index in [0.29, 0.717) is 18.0 Å². The number of nitrogens with zero attached hydrogens (tertiary/aromatic N) is 1. The second-order valence-corrected chi connectivity index (χ2v) is 8.29. The zero-order valence-electron chi connectivity index (χ0n) is 13.0. The van der Waals surface area contributed by atoms with E-state index in [4.69, 9.17) is 5.73 Å². The lowest BCUT2D eigenvalue weighted by Crippen LogP contribution is -2.34. The Morgan fingerprint density at radius 1 is 1.23 bits per heavy atom. The van der Waals surface area contributed by atoms with Crippen LogP contribution >= 0.6 is 12.4 Å². The monoisotopic (exact) mass is 344 g/mol. The first-order chi connectivity index (χ1) is 10.0. The Balaban J connectivity index is 0.00000176. The normalized spacial score (nSPS) is 25.5. The second kappa shape index (κ2) is 6.87. The number of halogens is 1. The zero-order chi connectivity index (χ0) is 15.0. The van der Waals surface area contributed by atoms with E-state index < -0.39 is 10.0 Å². The third-order valence-corrected chi connectivity index (χ3v) is 6.84. The maximum atomic E-state index is 12.9. The SMILES string of the molecule is CC1CC(CN)CN1S(=O)(=O)c1ccc2c(c1)CCCC2.Cl. The molecular weight excluding hydrogens is 320 g/mol. The summed E-state index contributed by atoms with van der Waals surface area (Å²) < 4.78 is 27.4. The van der Waals surface area contributed by atoms with Gasteiger partial charge in [0.2, 0.25) is 10.0 Å². The van der Waals surface area contributed by atoms with Crippen molar-refractivity contribution in [3.63, 3.8) is 0 Å². The molecule has 2 unspecified atom stereocenters. The van der Waals surface area contributed by atoms with Crippen LogP contribution in [0.4, 0.5) is 0 Å². The lowest BCUT2D eigenvalue weighted by Gasteiger charge is -2.23. The van der Waals surface area contributed by atoms with Crippen LogP contribution in [0.25, 0.3) is 0 Å². The Morgan fingerprint density at radius 3 is 2.55 bits per heavy atom. The lowest BCUT2D eigenvalue weighted by molar-refractivity contribution is 0.404. The summed E-state index contributed by atoms with van der Waals surface area (Å²) in [7, 11) is -3.39. The minimum absolute atomic E-state index is 0. The molecule has 0 aromatic heterocycles. The summed E-state index contributed by atoms with van der Waals surface area (Å²) in [6.07, 6.45) is 5.30. The zero-order valence-corrected chi connectivity index (χ0v) is 14.6. The average molecular weight is 345 g/mol. The summed E-state index contributed by atoms with van der Waals surface area (Å²) in [5.41, 5.74) is 8.24. The highest BCUT2D eigenvalue weighted by Gasteiger charge is 2.37. The van der Waals surface area contributed by atoms with Crippen LogP contribution in [0, 0.1) is 5.92 Å². The molecule has 1 aromatic rings. The number of nitrogens with two attached hydrogens (primary N) is 1. The van der Waals surface area contributed by atoms with Gasteiger partial charge in [-0.15, -0.1) is 12.4 Å². The molecule has 4 nitrogen and oxygen atoms in total. The van der Waals surface area contributed by atoms with E-state index in [1.807, 2.05) is 19.1 Å². The van der Waals surface area contributed by atoms with Crippen LogP contribution in [0.1, 0.15) is 37.3 Å². The van der Waals surface area contributed by atoms with Crippen molar-refractivity contribution < 1.29 is 8.42 Å². The van der Waals surface area contributed by atoms with Gasteiger partial charge in [-0.1, -0.05) is 6.07 Å². The van der Waals surface area contributed by atoms with Gasteiger partial charge in [0.1, 0.15) is 0 Å². The van der Waals surface area contributed by atoms with Crippen molar-refractivity contribution in [3.05, 3.63) is 29.3 Å². The Kier molecular flexibility index (Phi) is 5.54. The predicted octanol–water partition coefficient (Wildman–Crippen LogP) is 2.35. The first kappa shape index (κ1) is 17.7. The number of benzene rings is 1. The number of sulfonamides is 1. The Morgan fingerprint density at radius 2 is 1.91 bits per heavy atom. The van der Waals surface area contributed by atoms with Gasteiger partial charge in [0, 0.05) is 12.6 Å². The number of rotatable bonds is 3. The van der Waals surface area contributed by atoms with E-state index in [0.717, 1.165) is 25.7 Å². The van der Waals surface area contributed by atoms with E-state index >= 15 is 0 Å². The number of fused-ring (bicyclic) bond motifs is 1. The van der Waals surface area contributed by atoms with E-state index in [-0.39, 0.29) is 24.4 Å². The molecule has 1 heterocycles. The summed E-state index contributed by atoms with van der Waals surface area (Å²) in [5, 5.41) is 0. The predicted molar refractivity (Wildman–Crippen MR) is 90.8 cm³/mol. The second-order valence-electron chi connectivity index (χ2n) is 6.40. The van der Waals surface area contributed by atoms with Crippen molar-refractivity contribution in [2.45, 2.75) is 50.0 Å². The van der Waals surface area contributed by atoms with Crippen molar-refractivity contribution in [2.24, 2.45) is 11.7 Å². The Hall–Kier alpha value is -0.620. The van der Waals surface area contributed by atoms with E-state index in [1.165, 1.54) is 17.5 Å². The van der Waals surface area contributed by atoms with E-state index in [2.05, 4.69) is 0 Å². The van der Waals surface area contributed by atoms with Gasteiger partial charge in [0.05, 0.1) is 4.90 Å². The van der Waals surface area contributed by atoms with Gasteiger partial charge in [-0.05, 0) is 74.8 Å². The fraction of sp³-hybridized carbons (Fsp3) is 0.625. The molecule has 0 saturated carbocycles. The maximum absolute atomic E-state index is 12.9. The van der Waals surface area contributed by atoms with Crippen LogP contribution in [0.3, 0.4) is 0 Å². The van der Waals surface area contributed by atoms with Crippen molar-refractivity contribution in [2.75, 3.05) is 13.1 Å².